The molecule has 0 aromatic rings. The molecule has 0 N–H and O–H groups in total. The van der Waals surface area contributed by atoms with Gasteiger partial charge in [-0.25, -0.2) is 0 Å². The van der Waals surface area contributed by atoms with E-state index in [4.69, 9.17) is 0 Å². The van der Waals surface area contributed by atoms with Gasteiger partial charge in [-0.05, 0) is 13.8 Å². The van der Waals surface area contributed by atoms with Crippen molar-refractivity contribution in [2.24, 2.45) is 0 Å². The minimum atomic E-state index is 0. The van der Waals surface area contributed by atoms with Crippen LogP contribution in [0.25, 0.3) is 0 Å². The Hall–Kier alpha value is 1.66. The summed E-state index contributed by atoms with van der Waals surface area (Å²) in [6, 6.07) is 0. The van der Waals surface area contributed by atoms with E-state index in [1.807, 2.05) is 0 Å². The molecule has 1 radical (unpaired) electrons. The molecular formula is C5H11IrOSm+5. The summed E-state index contributed by atoms with van der Waals surface area (Å²) >= 11 is 0. The molecule has 0 amide bonds. The van der Waals surface area contributed by atoms with Gasteiger partial charge in [0.1, 0.15) is 5.78 Å². The summed E-state index contributed by atoms with van der Waals surface area (Å²) in [5, 5.41) is 0. The van der Waals surface area contributed by atoms with Crippen LogP contribution in [0.4, 0.5) is 0 Å². The first kappa shape index (κ1) is 22.6. The summed E-state index contributed by atoms with van der Waals surface area (Å²) in [6.45, 7) is 8.06. The van der Waals surface area contributed by atoms with Crippen molar-refractivity contribution in [3.8, 4) is 0 Å². The summed E-state index contributed by atoms with van der Waals surface area (Å²) in [5.41, 5.74) is 0. The smallest absolute Gasteiger partial charge is 0.346 e. The molecule has 0 rings (SSSR count). The number of hydrogen-bond donors (Lipinski definition) is 0. The monoisotopic (exact) mass is 432 g/mol. The average molecular weight is 430 g/mol. The largest absolute Gasteiger partial charge is 3.00 e. The predicted octanol–water partition coefficient (Wildman–Crippen LogP) is 1.43. The van der Waals surface area contributed by atoms with E-state index in [1.54, 1.807) is 6.92 Å². The number of carbonyl (C=O) groups excluding carboxylic acids is 1. The van der Waals surface area contributed by atoms with Crippen molar-refractivity contribution < 1.29 is 65.3 Å². The molecule has 0 aliphatic rings. The van der Waals surface area contributed by atoms with E-state index < -0.39 is 0 Å². The molecule has 0 bridgehead atoms. The van der Waals surface area contributed by atoms with Crippen molar-refractivity contribution in [2.45, 2.75) is 20.8 Å². The Morgan fingerprint density at radius 2 is 1.25 bits per heavy atom. The van der Waals surface area contributed by atoms with Crippen LogP contribution in [0, 0.1) is 47.3 Å². The van der Waals surface area contributed by atoms with Crippen molar-refractivity contribution in [1.82, 2.24) is 0 Å². The quantitative estimate of drug-likeness (QED) is 0.533. The van der Waals surface area contributed by atoms with E-state index >= 15 is 0 Å². The van der Waals surface area contributed by atoms with Gasteiger partial charge in [0.05, 0.1) is 0 Å². The Bertz CT molecular complexity index is 35.4. The van der Waals surface area contributed by atoms with Gasteiger partial charge in [-0.15, -0.1) is 0 Å². The zero-order valence-electron chi connectivity index (χ0n) is 5.36. The third kappa shape index (κ3) is 124. The number of hydrogen-bond acceptors (Lipinski definition) is 1. The van der Waals surface area contributed by atoms with Crippen molar-refractivity contribution >= 4 is 5.78 Å². The average Bonchev–Trinajstić information content (AvgIpc) is 1.41. The fourth-order valence-electron chi connectivity index (χ4n) is 0. The second-order valence-electron chi connectivity index (χ2n) is 0.908. The zero-order valence-corrected chi connectivity index (χ0v) is 10.4. The minimum Gasteiger partial charge on any atom is -0.346 e. The van der Waals surface area contributed by atoms with Crippen LogP contribution in [0.2, 0.25) is 0 Å². The number of ketones is 1. The molecule has 47 valence electrons. The molecule has 0 unspecified atom stereocenters. The van der Waals surface area contributed by atoms with Crippen LogP contribution in [0.3, 0.4) is 0 Å². The van der Waals surface area contributed by atoms with E-state index in [-0.39, 0.29) is 66.3 Å². The van der Waals surface area contributed by atoms with Gasteiger partial charge in [0, 0.05) is 0 Å². The van der Waals surface area contributed by atoms with Gasteiger partial charge >= 0.3 is 60.5 Å². The molecule has 0 aliphatic heterocycles. The van der Waals surface area contributed by atoms with Crippen molar-refractivity contribution in [3.63, 3.8) is 0 Å². The number of Topliss-reactive ketones (excluding diaryl/α,β-unsaturated/α-hetero) is 1. The third-order valence-electron chi connectivity index (χ3n) is 0. The first-order chi connectivity index (χ1) is 2.73. The van der Waals surface area contributed by atoms with Gasteiger partial charge in [-0.3, -0.25) is 0 Å². The number of rotatable bonds is 0. The topological polar surface area (TPSA) is 17.1 Å². The van der Waals surface area contributed by atoms with Gasteiger partial charge in [0.25, 0.3) is 0 Å². The van der Waals surface area contributed by atoms with E-state index in [0.717, 1.165) is 0 Å². The maximum Gasteiger partial charge on any atom is 3.00 e. The van der Waals surface area contributed by atoms with E-state index in [1.165, 1.54) is 13.8 Å². The maximum atomic E-state index is 9.44. The fourth-order valence-corrected chi connectivity index (χ4v) is 0. The van der Waals surface area contributed by atoms with Crippen LogP contribution in [0.5, 0.6) is 0 Å². The number of carbonyl (C=O) groups is 1. The zero-order chi connectivity index (χ0) is 5.58. The molecule has 0 aromatic heterocycles. The normalized spacial score (nSPS) is 4.00. The molecule has 0 aromatic carbocycles. The van der Waals surface area contributed by atoms with Crippen LogP contribution in [0.1, 0.15) is 20.8 Å². The second-order valence-corrected chi connectivity index (χ2v) is 0.908. The van der Waals surface area contributed by atoms with Gasteiger partial charge in [0.2, 0.25) is 0 Å². The molecular weight excluding hydrogens is 419 g/mol. The molecule has 0 fully saturated rings. The van der Waals surface area contributed by atoms with Crippen LogP contribution >= 0.6 is 0 Å². The Balaban J connectivity index is -0.0000000183. The SMILES string of the molecule is CC(C)=O.[CH2-]C.[Ir+3].[Sm+3]. The molecule has 0 atom stereocenters. The van der Waals surface area contributed by atoms with Crippen molar-refractivity contribution in [3.05, 3.63) is 6.92 Å². The van der Waals surface area contributed by atoms with Crippen molar-refractivity contribution in [2.75, 3.05) is 0 Å². The predicted molar refractivity (Wildman–Crippen MR) is 27.4 cm³/mol. The van der Waals surface area contributed by atoms with Gasteiger partial charge in [-0.1, -0.05) is 0 Å². The molecule has 0 saturated heterocycles. The molecule has 0 spiro atoms. The molecule has 0 heterocycles. The standard InChI is InChI=1S/C3H6O.C2H5.Ir.Sm/c1-3(2)4;1-2;;/h1-2H3;1H2,2H3;;/q;-1;2*+3. The van der Waals surface area contributed by atoms with Gasteiger partial charge in [-0.2, -0.15) is 6.92 Å². The second kappa shape index (κ2) is 23.4. The minimum absolute atomic E-state index is 0. The Morgan fingerprint density at radius 3 is 1.25 bits per heavy atom. The summed E-state index contributed by atoms with van der Waals surface area (Å²) in [4.78, 5) is 9.44. The third-order valence-corrected chi connectivity index (χ3v) is 0. The molecule has 3 heteroatoms. The Labute approximate surface area is 97.5 Å². The van der Waals surface area contributed by atoms with E-state index in [9.17, 15) is 4.79 Å². The summed E-state index contributed by atoms with van der Waals surface area (Å²) < 4.78 is 0. The first-order valence-electron chi connectivity index (χ1n) is 1.91. The molecule has 0 aliphatic carbocycles. The maximum absolute atomic E-state index is 9.44. The van der Waals surface area contributed by atoms with Gasteiger partial charge < -0.3 is 11.7 Å². The molecule has 0 saturated carbocycles. The van der Waals surface area contributed by atoms with Crippen LogP contribution in [-0.4, -0.2) is 5.78 Å². The summed E-state index contributed by atoms with van der Waals surface area (Å²) in [5.74, 6) is 0.167. The van der Waals surface area contributed by atoms with E-state index in [2.05, 4.69) is 6.92 Å². The summed E-state index contributed by atoms with van der Waals surface area (Å²) in [6.07, 6.45) is 0. The van der Waals surface area contributed by atoms with Gasteiger partial charge in [0.15, 0.2) is 0 Å². The van der Waals surface area contributed by atoms with Crippen molar-refractivity contribution in [1.29, 1.82) is 0 Å². The Morgan fingerprint density at radius 1 is 1.25 bits per heavy atom. The van der Waals surface area contributed by atoms with Crippen LogP contribution in [0.15, 0.2) is 0 Å². The molecule has 8 heavy (non-hydrogen) atoms. The fraction of sp³-hybridized carbons (Fsp3) is 0.600. The summed E-state index contributed by atoms with van der Waals surface area (Å²) in [7, 11) is 0. The molecule has 1 nitrogen and oxygen atoms in total. The first-order valence-corrected chi connectivity index (χ1v) is 1.91. The van der Waals surface area contributed by atoms with Crippen LogP contribution < -0.4 is 0 Å². The van der Waals surface area contributed by atoms with Crippen LogP contribution in [-0.2, 0) is 24.9 Å². The Kier molecular flexibility index (Phi) is 66.2. The van der Waals surface area contributed by atoms with E-state index in [0.29, 0.717) is 0 Å².